The Morgan fingerprint density at radius 3 is 2.69 bits per heavy atom. The molecule has 2 N–H and O–H groups in total. The summed E-state index contributed by atoms with van der Waals surface area (Å²) in [5.41, 5.74) is 5.23. The molecule has 0 spiro atoms. The summed E-state index contributed by atoms with van der Waals surface area (Å²) in [5, 5.41) is 9.10. The fourth-order valence-corrected chi connectivity index (χ4v) is 3.13. The van der Waals surface area contributed by atoms with Gasteiger partial charge < -0.3 is 27.2 Å². The van der Waals surface area contributed by atoms with E-state index in [-0.39, 0.29) is 18.8 Å². The van der Waals surface area contributed by atoms with Crippen LogP contribution in [-0.2, 0) is 17.8 Å². The first kappa shape index (κ1) is 20.0. The number of hydrogen-bond acceptors (Lipinski definition) is 2. The Morgan fingerprint density at radius 2 is 1.96 bits per heavy atom. The average Bonchev–Trinajstić information content (AvgIpc) is 2.72. The van der Waals surface area contributed by atoms with Crippen molar-refractivity contribution in [2.24, 2.45) is 0 Å². The number of hydrogen-bond donors (Lipinski definition) is 2. The third-order valence-corrected chi connectivity index (χ3v) is 4.37. The number of carboxylic acid groups (broad SMARTS) is 1. The number of fused-ring (bicyclic) bond motifs is 2. The highest BCUT2D eigenvalue weighted by molar-refractivity contribution is 5.85. The van der Waals surface area contributed by atoms with Crippen LogP contribution in [0.5, 0.6) is 5.75 Å². The van der Waals surface area contributed by atoms with Crippen molar-refractivity contribution in [3.05, 3.63) is 70.8 Å². The van der Waals surface area contributed by atoms with E-state index in [9.17, 15) is 4.79 Å². The van der Waals surface area contributed by atoms with Crippen LogP contribution in [0.2, 0.25) is 0 Å². The molecule has 26 heavy (non-hydrogen) atoms. The van der Waals surface area contributed by atoms with Crippen LogP contribution >= 0.6 is 0 Å². The van der Waals surface area contributed by atoms with Crippen molar-refractivity contribution in [1.82, 2.24) is 0 Å². The summed E-state index contributed by atoms with van der Waals surface area (Å²) in [6.07, 6.45) is 3.22. The zero-order chi connectivity index (χ0) is 17.8. The van der Waals surface area contributed by atoms with E-state index >= 15 is 0 Å². The number of nitrogens with one attached hydrogen (secondary N) is 1. The molecule has 0 fully saturated rings. The molecule has 0 aromatic heterocycles. The molecule has 0 aliphatic carbocycles. The van der Waals surface area contributed by atoms with E-state index in [2.05, 4.69) is 32.3 Å². The number of benzene rings is 2. The minimum atomic E-state index is -0.823. The zero-order valence-corrected chi connectivity index (χ0v) is 15.8. The van der Waals surface area contributed by atoms with Crippen molar-refractivity contribution in [3.8, 4) is 5.75 Å². The molecule has 0 radical (unpaired) electrons. The molecule has 0 amide bonds. The zero-order valence-electron chi connectivity index (χ0n) is 15.1. The van der Waals surface area contributed by atoms with Gasteiger partial charge in [0.1, 0.15) is 12.4 Å². The summed E-state index contributed by atoms with van der Waals surface area (Å²) >= 11 is 0. The molecular weight excluding hydrogens is 350 g/mol. The van der Waals surface area contributed by atoms with Gasteiger partial charge in [-0.3, -0.25) is 4.79 Å². The monoisotopic (exact) mass is 373 g/mol. The molecule has 5 heteroatoms. The predicted molar refractivity (Wildman–Crippen MR) is 97.9 cm³/mol. The number of rotatable bonds is 5. The first-order chi connectivity index (χ1) is 12.0. The molecular formula is C21H24ClNO3. The SMILES string of the molecule is C[NH+](C)CC/C=C1\c2ccccc2COc2ccc(CC(=O)O)cc21.[Cl-]. The fraction of sp³-hybridized carbons (Fsp3) is 0.286. The summed E-state index contributed by atoms with van der Waals surface area (Å²) in [6, 6.07) is 14.0. The maximum absolute atomic E-state index is 11.1. The van der Waals surface area contributed by atoms with E-state index in [1.807, 2.05) is 30.3 Å². The summed E-state index contributed by atoms with van der Waals surface area (Å²) in [4.78, 5) is 12.5. The highest BCUT2D eigenvalue weighted by Crippen LogP contribution is 2.37. The van der Waals surface area contributed by atoms with Crippen LogP contribution in [0, 0.1) is 0 Å². The molecule has 0 atom stereocenters. The second-order valence-corrected chi connectivity index (χ2v) is 6.71. The number of ether oxygens (including phenoxy) is 1. The molecule has 138 valence electrons. The van der Waals surface area contributed by atoms with Crippen molar-refractivity contribution < 1.29 is 31.9 Å². The standard InChI is InChI=1S/C21H23NO3.ClH/c1-22(2)11-5-8-18-17-7-4-3-6-16(17)14-25-20-10-9-15(12-19(18)20)13-21(23)24;/h3-4,6-10,12H,5,11,13-14H2,1-2H3,(H,23,24);1H/b18-8+;. The third-order valence-electron chi connectivity index (χ3n) is 4.37. The Balaban J connectivity index is 0.00000243. The van der Waals surface area contributed by atoms with Gasteiger partial charge in [-0.05, 0) is 34.4 Å². The van der Waals surface area contributed by atoms with Gasteiger partial charge in [0.25, 0.3) is 0 Å². The van der Waals surface area contributed by atoms with Gasteiger partial charge in [-0.15, -0.1) is 0 Å². The van der Waals surface area contributed by atoms with Crippen molar-refractivity contribution in [2.45, 2.75) is 19.4 Å². The Hall–Kier alpha value is -2.30. The molecule has 0 saturated carbocycles. The van der Waals surface area contributed by atoms with Gasteiger partial charge in [0.05, 0.1) is 27.1 Å². The Kier molecular flexibility index (Phi) is 6.83. The highest BCUT2D eigenvalue weighted by atomic mass is 35.5. The number of carbonyl (C=O) groups is 1. The Labute approximate surface area is 160 Å². The van der Waals surface area contributed by atoms with Crippen LogP contribution in [0.4, 0.5) is 0 Å². The lowest BCUT2D eigenvalue weighted by Gasteiger charge is -2.13. The second kappa shape index (κ2) is 8.88. The summed E-state index contributed by atoms with van der Waals surface area (Å²) in [6.45, 7) is 1.56. The molecule has 0 unspecified atom stereocenters. The molecule has 1 heterocycles. The maximum atomic E-state index is 11.1. The first-order valence-corrected chi connectivity index (χ1v) is 8.60. The fourth-order valence-electron chi connectivity index (χ4n) is 3.13. The first-order valence-electron chi connectivity index (χ1n) is 8.60. The van der Waals surface area contributed by atoms with E-state index in [1.54, 1.807) is 0 Å². The van der Waals surface area contributed by atoms with Crippen LogP contribution in [0.15, 0.2) is 48.5 Å². The molecule has 0 bridgehead atoms. The molecule has 3 rings (SSSR count). The van der Waals surface area contributed by atoms with Gasteiger partial charge in [-0.2, -0.15) is 0 Å². The van der Waals surface area contributed by atoms with E-state index in [1.165, 1.54) is 10.5 Å². The highest BCUT2D eigenvalue weighted by Gasteiger charge is 2.19. The normalized spacial score (nSPS) is 14.0. The lowest BCUT2D eigenvalue weighted by atomic mass is 9.92. The second-order valence-electron chi connectivity index (χ2n) is 6.71. The van der Waals surface area contributed by atoms with Crippen LogP contribution in [-0.4, -0.2) is 31.7 Å². The minimum Gasteiger partial charge on any atom is -1.00 e. The smallest absolute Gasteiger partial charge is 0.307 e. The molecule has 2 aromatic carbocycles. The third kappa shape index (κ3) is 4.65. The van der Waals surface area contributed by atoms with Gasteiger partial charge >= 0.3 is 5.97 Å². The van der Waals surface area contributed by atoms with Gasteiger partial charge in [0.2, 0.25) is 0 Å². The Morgan fingerprint density at radius 1 is 1.19 bits per heavy atom. The van der Waals surface area contributed by atoms with Crippen molar-refractivity contribution >= 4 is 11.5 Å². The number of halogens is 1. The topological polar surface area (TPSA) is 51.0 Å². The Bertz CT molecular complexity index is 815. The molecule has 4 nitrogen and oxygen atoms in total. The number of aliphatic carboxylic acids is 1. The summed E-state index contributed by atoms with van der Waals surface area (Å²) in [7, 11) is 4.28. The predicted octanol–water partition coefficient (Wildman–Crippen LogP) is -0.824. The van der Waals surface area contributed by atoms with Crippen LogP contribution in [0.1, 0.15) is 28.7 Å². The quantitative estimate of drug-likeness (QED) is 0.720. The van der Waals surface area contributed by atoms with E-state index in [0.717, 1.165) is 41.0 Å². The molecule has 1 aliphatic heterocycles. The van der Waals surface area contributed by atoms with Crippen LogP contribution < -0.4 is 22.0 Å². The maximum Gasteiger partial charge on any atom is 0.307 e. The van der Waals surface area contributed by atoms with Gasteiger partial charge in [-0.25, -0.2) is 0 Å². The lowest BCUT2D eigenvalue weighted by Crippen LogP contribution is -3.05. The number of quaternary nitrogens is 1. The van der Waals surface area contributed by atoms with Crippen LogP contribution in [0.25, 0.3) is 5.57 Å². The van der Waals surface area contributed by atoms with Crippen molar-refractivity contribution in [3.63, 3.8) is 0 Å². The molecule has 1 aliphatic rings. The number of carboxylic acids is 1. The van der Waals surface area contributed by atoms with Gasteiger partial charge in [0.15, 0.2) is 0 Å². The minimum absolute atomic E-state index is 0. The van der Waals surface area contributed by atoms with Gasteiger partial charge in [-0.1, -0.05) is 36.4 Å². The largest absolute Gasteiger partial charge is 1.00 e. The molecule has 0 saturated heterocycles. The lowest BCUT2D eigenvalue weighted by molar-refractivity contribution is -0.857. The summed E-state index contributed by atoms with van der Waals surface area (Å²) < 4.78 is 6.00. The van der Waals surface area contributed by atoms with Crippen molar-refractivity contribution in [1.29, 1.82) is 0 Å². The van der Waals surface area contributed by atoms with Crippen LogP contribution in [0.3, 0.4) is 0 Å². The van der Waals surface area contributed by atoms with E-state index in [0.29, 0.717) is 6.61 Å². The van der Waals surface area contributed by atoms with Crippen molar-refractivity contribution in [2.75, 3.05) is 20.6 Å². The summed E-state index contributed by atoms with van der Waals surface area (Å²) in [5.74, 6) is -0.00887. The van der Waals surface area contributed by atoms with Gasteiger partial charge in [0, 0.05) is 12.0 Å². The van der Waals surface area contributed by atoms with E-state index < -0.39 is 5.97 Å². The average molecular weight is 374 g/mol. The van der Waals surface area contributed by atoms with E-state index in [4.69, 9.17) is 9.84 Å². The molecule has 2 aromatic rings.